The van der Waals surface area contributed by atoms with Crippen molar-refractivity contribution in [3.63, 3.8) is 0 Å². The molecule has 39 heavy (non-hydrogen) atoms. The lowest BCUT2D eigenvalue weighted by Crippen LogP contribution is -2.23. The van der Waals surface area contributed by atoms with Gasteiger partial charge in [-0.05, 0) is 54.5 Å². The Labute approximate surface area is 224 Å². The van der Waals surface area contributed by atoms with E-state index in [9.17, 15) is 14.7 Å². The van der Waals surface area contributed by atoms with E-state index in [0.717, 1.165) is 18.5 Å². The summed E-state index contributed by atoms with van der Waals surface area (Å²) in [5, 5.41) is 13.6. The van der Waals surface area contributed by atoms with E-state index in [0.29, 0.717) is 39.5 Å². The van der Waals surface area contributed by atoms with Crippen LogP contribution < -0.4 is 16.4 Å². The highest BCUT2D eigenvalue weighted by Crippen LogP contribution is 2.37. The molecule has 0 fully saturated rings. The van der Waals surface area contributed by atoms with Gasteiger partial charge in [-0.3, -0.25) is 14.2 Å². The van der Waals surface area contributed by atoms with Gasteiger partial charge in [0.05, 0.1) is 6.61 Å². The molecule has 0 radical (unpaired) electrons. The molecule has 10 nitrogen and oxygen atoms in total. The van der Waals surface area contributed by atoms with Gasteiger partial charge in [-0.2, -0.15) is 0 Å². The Kier molecular flexibility index (Phi) is 5.72. The summed E-state index contributed by atoms with van der Waals surface area (Å²) in [6.07, 6.45) is 10.2. The lowest BCUT2D eigenvalue weighted by Gasteiger charge is -2.17. The number of nitrogens with zero attached hydrogens (tertiary/aromatic N) is 6. The van der Waals surface area contributed by atoms with Crippen LogP contribution in [0.5, 0.6) is 0 Å². The van der Waals surface area contributed by atoms with Crippen LogP contribution in [0, 0.1) is 12.3 Å². The van der Waals surface area contributed by atoms with Gasteiger partial charge in [0.25, 0.3) is 11.1 Å². The van der Waals surface area contributed by atoms with Crippen molar-refractivity contribution in [2.24, 2.45) is 12.5 Å². The van der Waals surface area contributed by atoms with Crippen molar-refractivity contribution in [1.82, 2.24) is 28.5 Å². The molecule has 0 unspecified atom stereocenters. The highest BCUT2D eigenvalue weighted by atomic mass is 16.3. The third-order valence-electron chi connectivity index (χ3n) is 7.33. The first kappa shape index (κ1) is 24.7. The second-order valence-corrected chi connectivity index (χ2v) is 10.9. The molecule has 198 valence electrons. The smallest absolute Gasteiger partial charge is 0.280 e. The summed E-state index contributed by atoms with van der Waals surface area (Å²) >= 11 is 0. The molecule has 0 amide bonds. The lowest BCUT2D eigenvalue weighted by molar-refractivity contribution is 0.281. The van der Waals surface area contributed by atoms with Gasteiger partial charge >= 0.3 is 0 Å². The van der Waals surface area contributed by atoms with Crippen LogP contribution in [0.25, 0.3) is 22.5 Å². The van der Waals surface area contributed by atoms with Crippen LogP contribution in [0.2, 0.25) is 0 Å². The molecule has 0 spiro atoms. The minimum absolute atomic E-state index is 0.177. The first-order valence-electron chi connectivity index (χ1n) is 12.8. The van der Waals surface area contributed by atoms with Crippen molar-refractivity contribution in [3.05, 3.63) is 98.6 Å². The Bertz CT molecular complexity index is 1880. The second-order valence-electron chi connectivity index (χ2n) is 10.9. The fourth-order valence-electron chi connectivity index (χ4n) is 5.55. The SMILES string of the molecule is Cc1cc(Nc2cc(-c3ccnc(-n4ccn5c6c(cc5c4=O)CC(C)(C)C6)c3CO)cn(C)c2=O)ncn1. The van der Waals surface area contributed by atoms with Gasteiger partial charge in [0, 0.05) is 60.4 Å². The van der Waals surface area contributed by atoms with Crippen LogP contribution in [-0.2, 0) is 26.5 Å². The van der Waals surface area contributed by atoms with Crippen LogP contribution in [0.15, 0.2) is 65.0 Å². The summed E-state index contributed by atoms with van der Waals surface area (Å²) in [4.78, 5) is 39.3. The molecule has 5 heterocycles. The maximum absolute atomic E-state index is 13.6. The molecule has 1 aliphatic carbocycles. The number of pyridine rings is 2. The molecule has 0 atom stereocenters. The molecule has 6 rings (SSSR count). The highest BCUT2D eigenvalue weighted by Gasteiger charge is 2.31. The first-order valence-corrected chi connectivity index (χ1v) is 12.8. The van der Waals surface area contributed by atoms with Gasteiger partial charge in [-0.1, -0.05) is 13.8 Å². The first-order chi connectivity index (χ1) is 18.6. The molecule has 0 bridgehead atoms. The van der Waals surface area contributed by atoms with E-state index >= 15 is 0 Å². The second kappa shape index (κ2) is 9.02. The zero-order valence-electron chi connectivity index (χ0n) is 22.3. The molecule has 1 aliphatic rings. The summed E-state index contributed by atoms with van der Waals surface area (Å²) in [7, 11) is 1.66. The van der Waals surface area contributed by atoms with E-state index in [1.807, 2.05) is 23.6 Å². The van der Waals surface area contributed by atoms with Crippen molar-refractivity contribution in [1.29, 1.82) is 0 Å². The average Bonchev–Trinajstić information content (AvgIpc) is 3.38. The van der Waals surface area contributed by atoms with E-state index < -0.39 is 0 Å². The Hall–Kier alpha value is -4.57. The quantitative estimate of drug-likeness (QED) is 0.363. The van der Waals surface area contributed by atoms with E-state index in [1.54, 1.807) is 43.8 Å². The minimum atomic E-state index is -0.349. The number of hydrogen-bond acceptors (Lipinski definition) is 7. The fraction of sp³-hybridized carbons (Fsp3) is 0.276. The van der Waals surface area contributed by atoms with E-state index in [1.165, 1.54) is 26.7 Å². The Morgan fingerprint density at radius 3 is 2.64 bits per heavy atom. The van der Waals surface area contributed by atoms with E-state index in [2.05, 4.69) is 34.1 Å². The normalized spacial score (nSPS) is 14.1. The molecule has 2 N–H and O–H groups in total. The number of nitrogens with one attached hydrogen (secondary N) is 1. The molecule has 0 saturated carbocycles. The Morgan fingerprint density at radius 1 is 1.05 bits per heavy atom. The van der Waals surface area contributed by atoms with Gasteiger partial charge in [-0.25, -0.2) is 15.0 Å². The molecular weight excluding hydrogens is 494 g/mol. The van der Waals surface area contributed by atoms with Crippen molar-refractivity contribution >= 4 is 17.0 Å². The van der Waals surface area contributed by atoms with Crippen molar-refractivity contribution in [2.45, 2.75) is 40.2 Å². The molecule has 0 saturated heterocycles. The minimum Gasteiger partial charge on any atom is -0.392 e. The van der Waals surface area contributed by atoms with Gasteiger partial charge in [0.15, 0.2) is 0 Å². The molecule has 5 aromatic heterocycles. The molecule has 10 heteroatoms. The third-order valence-corrected chi connectivity index (χ3v) is 7.33. The highest BCUT2D eigenvalue weighted by molar-refractivity contribution is 5.73. The number of anilines is 2. The summed E-state index contributed by atoms with van der Waals surface area (Å²) in [6.45, 7) is 5.96. The summed E-state index contributed by atoms with van der Waals surface area (Å²) in [5.41, 5.74) is 5.59. The standard InChI is InChI=1S/C29H29N7O3/c1-17-9-25(32-16-31-17)33-22-10-19(14-34(4)27(22)38)20-5-6-30-26(21(20)15-37)36-8-7-35-23(28(36)39)11-18-12-29(2,3)13-24(18)35/h5-11,14,16,37H,12-13,15H2,1-4H3,(H,31,32,33). The van der Waals surface area contributed by atoms with Crippen molar-refractivity contribution < 1.29 is 5.11 Å². The van der Waals surface area contributed by atoms with Gasteiger partial charge in [0.2, 0.25) is 0 Å². The predicted octanol–water partition coefficient (Wildman–Crippen LogP) is 3.31. The van der Waals surface area contributed by atoms with Crippen molar-refractivity contribution in [2.75, 3.05) is 5.32 Å². The van der Waals surface area contributed by atoms with Gasteiger partial charge in [-0.15, -0.1) is 0 Å². The Balaban J connectivity index is 1.46. The topological polar surface area (TPSA) is 119 Å². The van der Waals surface area contributed by atoms with Gasteiger partial charge < -0.3 is 19.4 Å². The largest absolute Gasteiger partial charge is 0.392 e. The number of rotatable bonds is 5. The van der Waals surface area contributed by atoms with E-state index in [4.69, 9.17) is 0 Å². The molecule has 0 aliphatic heterocycles. The number of aliphatic hydroxyl groups excluding tert-OH is 1. The van der Waals surface area contributed by atoms with Crippen LogP contribution in [0.3, 0.4) is 0 Å². The lowest BCUT2D eigenvalue weighted by atomic mass is 9.90. The fourth-order valence-corrected chi connectivity index (χ4v) is 5.55. The van der Waals surface area contributed by atoms with Crippen LogP contribution in [0.4, 0.5) is 11.5 Å². The zero-order valence-corrected chi connectivity index (χ0v) is 22.3. The zero-order chi connectivity index (χ0) is 27.5. The van der Waals surface area contributed by atoms with Gasteiger partial charge in [0.1, 0.15) is 29.2 Å². The summed E-state index contributed by atoms with van der Waals surface area (Å²) in [6, 6.07) is 7.20. The number of aromatic nitrogens is 6. The average molecular weight is 524 g/mol. The summed E-state index contributed by atoms with van der Waals surface area (Å²) < 4.78 is 4.93. The maximum Gasteiger partial charge on any atom is 0.280 e. The number of aliphatic hydroxyl groups is 1. The van der Waals surface area contributed by atoms with E-state index in [-0.39, 0.29) is 23.1 Å². The Morgan fingerprint density at radius 2 is 1.87 bits per heavy atom. The third kappa shape index (κ3) is 4.22. The van der Waals surface area contributed by atoms with Crippen LogP contribution in [0.1, 0.15) is 36.4 Å². The molecular formula is C29H29N7O3. The monoisotopic (exact) mass is 523 g/mol. The maximum atomic E-state index is 13.6. The number of hydrogen-bond donors (Lipinski definition) is 2. The summed E-state index contributed by atoms with van der Waals surface area (Å²) in [5.74, 6) is 0.843. The van der Waals surface area contributed by atoms with Crippen molar-refractivity contribution in [3.8, 4) is 16.9 Å². The predicted molar refractivity (Wildman–Crippen MR) is 149 cm³/mol. The van der Waals surface area contributed by atoms with Crippen LogP contribution >= 0.6 is 0 Å². The molecule has 0 aromatic carbocycles. The number of fused-ring (bicyclic) bond motifs is 3. The van der Waals surface area contributed by atoms with Crippen LogP contribution in [-0.4, -0.2) is 33.6 Å². The number of aryl methyl sites for hydroxylation is 2. The molecule has 5 aromatic rings.